The molecule has 2 aromatic rings. The molecule has 0 fully saturated rings. The van der Waals surface area contributed by atoms with Crippen LogP contribution in [0.15, 0.2) is 42.5 Å². The normalized spacial score (nSPS) is 22.7. The van der Waals surface area contributed by atoms with E-state index in [-0.39, 0.29) is 6.61 Å². The van der Waals surface area contributed by atoms with Gasteiger partial charge in [-0.25, -0.2) is 0 Å². The van der Waals surface area contributed by atoms with Crippen molar-refractivity contribution in [2.24, 2.45) is 0 Å². The lowest BCUT2D eigenvalue weighted by atomic mass is 10.0. The van der Waals surface area contributed by atoms with Crippen LogP contribution < -0.4 is 4.74 Å². The van der Waals surface area contributed by atoms with Crippen molar-refractivity contribution >= 4 is 0 Å². The molecule has 2 heterocycles. The molecule has 5 heteroatoms. The first kappa shape index (κ1) is 20.8. The highest BCUT2D eigenvalue weighted by molar-refractivity contribution is 5.33. The number of para-hydroxylation sites is 1. The fourth-order valence-electron chi connectivity index (χ4n) is 3.66. The molecule has 1 aromatic carbocycles. The van der Waals surface area contributed by atoms with Crippen molar-refractivity contribution in [3.63, 3.8) is 0 Å². The van der Waals surface area contributed by atoms with Crippen molar-refractivity contribution in [3.8, 4) is 5.75 Å². The quantitative estimate of drug-likeness (QED) is 0.833. The van der Waals surface area contributed by atoms with Crippen LogP contribution in [0, 0.1) is 6.92 Å². The van der Waals surface area contributed by atoms with E-state index in [4.69, 9.17) is 4.74 Å². The Balaban J connectivity index is 1.66. The van der Waals surface area contributed by atoms with Gasteiger partial charge in [-0.2, -0.15) is 0 Å². The summed E-state index contributed by atoms with van der Waals surface area (Å²) in [6.07, 6.45) is 3.15. The molecule has 0 unspecified atom stereocenters. The molecule has 2 N–H and O–H groups in total. The molecule has 28 heavy (non-hydrogen) atoms. The molecule has 1 aliphatic rings. The van der Waals surface area contributed by atoms with Gasteiger partial charge in [-0.3, -0.25) is 9.88 Å². The predicted molar refractivity (Wildman–Crippen MR) is 110 cm³/mol. The van der Waals surface area contributed by atoms with Crippen LogP contribution in [0.3, 0.4) is 0 Å². The number of aryl methyl sites for hydroxylation is 2. The number of nitrogens with zero attached hydrogens (tertiary/aromatic N) is 2. The van der Waals surface area contributed by atoms with E-state index < -0.39 is 12.2 Å². The molecule has 0 saturated heterocycles. The van der Waals surface area contributed by atoms with Crippen molar-refractivity contribution in [2.45, 2.75) is 57.8 Å². The van der Waals surface area contributed by atoms with Gasteiger partial charge in [0.25, 0.3) is 0 Å². The summed E-state index contributed by atoms with van der Waals surface area (Å²) >= 11 is 0. The monoisotopic (exact) mass is 384 g/mol. The van der Waals surface area contributed by atoms with E-state index in [2.05, 4.69) is 16.0 Å². The topological polar surface area (TPSA) is 65.8 Å². The van der Waals surface area contributed by atoms with Crippen LogP contribution in [0.5, 0.6) is 5.75 Å². The third-order valence-corrected chi connectivity index (χ3v) is 5.32. The summed E-state index contributed by atoms with van der Waals surface area (Å²) in [6.45, 7) is 4.58. The SMILES string of the molecule is Cc1cccc(CN2CCCCCc3ccccc3OC[C@@H](O)[C@@H](O)CC2)n1. The maximum absolute atomic E-state index is 10.4. The van der Waals surface area contributed by atoms with E-state index in [9.17, 15) is 10.2 Å². The number of benzene rings is 1. The number of pyridine rings is 1. The highest BCUT2D eigenvalue weighted by Crippen LogP contribution is 2.21. The first-order chi connectivity index (χ1) is 13.6. The van der Waals surface area contributed by atoms with Crippen molar-refractivity contribution in [2.75, 3.05) is 19.7 Å². The largest absolute Gasteiger partial charge is 0.491 e. The molecule has 5 nitrogen and oxygen atoms in total. The minimum absolute atomic E-state index is 0.109. The van der Waals surface area contributed by atoms with Crippen LogP contribution in [0.4, 0.5) is 0 Å². The van der Waals surface area contributed by atoms with E-state index in [0.29, 0.717) is 6.42 Å². The van der Waals surface area contributed by atoms with Crippen LogP contribution in [-0.4, -0.2) is 52.0 Å². The second-order valence-corrected chi connectivity index (χ2v) is 7.70. The second kappa shape index (κ2) is 10.6. The maximum atomic E-state index is 10.4. The van der Waals surface area contributed by atoms with E-state index in [0.717, 1.165) is 62.5 Å². The molecule has 3 rings (SSSR count). The Bertz CT molecular complexity index is 737. The molecule has 0 spiro atoms. The number of ether oxygens (including phenoxy) is 1. The molecular weight excluding hydrogens is 352 g/mol. The summed E-state index contributed by atoms with van der Waals surface area (Å²) in [4.78, 5) is 6.94. The Hall–Kier alpha value is -1.95. The number of aromatic nitrogens is 1. The average molecular weight is 385 g/mol. The molecule has 0 bridgehead atoms. The van der Waals surface area contributed by atoms with Crippen molar-refractivity contribution in [3.05, 3.63) is 59.4 Å². The van der Waals surface area contributed by atoms with Gasteiger partial charge in [0.05, 0.1) is 11.8 Å². The van der Waals surface area contributed by atoms with Crippen LogP contribution in [-0.2, 0) is 13.0 Å². The molecule has 1 aromatic heterocycles. The van der Waals surface area contributed by atoms with Crippen LogP contribution in [0.1, 0.15) is 42.6 Å². The Morgan fingerprint density at radius 2 is 1.86 bits per heavy atom. The van der Waals surface area contributed by atoms with Gasteiger partial charge in [0.15, 0.2) is 0 Å². The summed E-state index contributed by atoms with van der Waals surface area (Å²) in [5.41, 5.74) is 3.24. The van der Waals surface area contributed by atoms with E-state index >= 15 is 0 Å². The minimum Gasteiger partial charge on any atom is -0.491 e. The van der Waals surface area contributed by atoms with Crippen LogP contribution in [0.2, 0.25) is 0 Å². The highest BCUT2D eigenvalue weighted by atomic mass is 16.5. The standard InChI is InChI=1S/C23H32N2O3/c1-18-8-7-11-20(24-18)16-25-14-6-2-3-9-19-10-4-5-12-23(19)28-17-22(27)21(26)13-15-25/h4-5,7-8,10-12,21-22,26-27H,2-3,6,9,13-17H2,1H3/t21-,22+/m0/s1. The minimum atomic E-state index is -0.894. The molecule has 0 aliphatic carbocycles. The van der Waals surface area contributed by atoms with E-state index in [1.807, 2.05) is 43.3 Å². The molecule has 0 saturated carbocycles. The lowest BCUT2D eigenvalue weighted by Gasteiger charge is -2.26. The molecule has 0 amide bonds. The van der Waals surface area contributed by atoms with E-state index in [1.54, 1.807) is 0 Å². The summed E-state index contributed by atoms with van der Waals surface area (Å²) in [6, 6.07) is 14.1. The predicted octanol–water partition coefficient (Wildman–Crippen LogP) is 3.11. The van der Waals surface area contributed by atoms with Gasteiger partial charge in [-0.15, -0.1) is 0 Å². The maximum Gasteiger partial charge on any atom is 0.122 e. The molecule has 2 atom stereocenters. The first-order valence-corrected chi connectivity index (χ1v) is 10.3. The zero-order chi connectivity index (χ0) is 19.8. The fraction of sp³-hybridized carbons (Fsp3) is 0.522. The summed E-state index contributed by atoms with van der Waals surface area (Å²) in [5.74, 6) is 0.818. The third kappa shape index (κ3) is 6.30. The fourth-order valence-corrected chi connectivity index (χ4v) is 3.66. The number of hydrogen-bond acceptors (Lipinski definition) is 5. The summed E-state index contributed by atoms with van der Waals surface area (Å²) in [7, 11) is 0. The van der Waals surface area contributed by atoms with Gasteiger partial charge < -0.3 is 14.9 Å². The lowest BCUT2D eigenvalue weighted by molar-refractivity contribution is -0.0163. The average Bonchev–Trinajstić information content (AvgIpc) is 2.69. The third-order valence-electron chi connectivity index (χ3n) is 5.32. The van der Waals surface area contributed by atoms with Gasteiger partial charge >= 0.3 is 0 Å². The van der Waals surface area contributed by atoms with Crippen LogP contribution in [0.25, 0.3) is 0 Å². The summed E-state index contributed by atoms with van der Waals surface area (Å²) < 4.78 is 5.82. The number of hydrogen-bond donors (Lipinski definition) is 2. The van der Waals surface area contributed by atoms with Gasteiger partial charge in [-0.1, -0.05) is 30.7 Å². The zero-order valence-corrected chi connectivity index (χ0v) is 16.8. The van der Waals surface area contributed by atoms with Crippen LogP contribution >= 0.6 is 0 Å². The van der Waals surface area contributed by atoms with Crippen molar-refractivity contribution in [1.82, 2.24) is 9.88 Å². The molecule has 152 valence electrons. The molecular formula is C23H32N2O3. The Labute approximate surface area is 168 Å². The number of aliphatic hydroxyl groups excluding tert-OH is 2. The number of rotatable bonds is 2. The Morgan fingerprint density at radius 1 is 1.00 bits per heavy atom. The van der Waals surface area contributed by atoms with Gasteiger partial charge in [-0.05, 0) is 62.9 Å². The van der Waals surface area contributed by atoms with Gasteiger partial charge in [0.1, 0.15) is 18.5 Å². The Kier molecular flexibility index (Phi) is 7.83. The molecule has 0 radical (unpaired) electrons. The first-order valence-electron chi connectivity index (χ1n) is 10.3. The summed E-state index contributed by atoms with van der Waals surface area (Å²) in [5, 5.41) is 20.7. The second-order valence-electron chi connectivity index (χ2n) is 7.70. The lowest BCUT2D eigenvalue weighted by Crippen LogP contribution is -2.36. The highest BCUT2D eigenvalue weighted by Gasteiger charge is 2.19. The van der Waals surface area contributed by atoms with Gasteiger partial charge in [0, 0.05) is 18.8 Å². The van der Waals surface area contributed by atoms with Gasteiger partial charge in [0.2, 0.25) is 0 Å². The smallest absolute Gasteiger partial charge is 0.122 e. The van der Waals surface area contributed by atoms with Crippen molar-refractivity contribution in [1.29, 1.82) is 0 Å². The number of aliphatic hydroxyl groups is 2. The number of fused-ring (bicyclic) bond motifs is 1. The molecule has 1 aliphatic heterocycles. The van der Waals surface area contributed by atoms with Crippen molar-refractivity contribution < 1.29 is 14.9 Å². The zero-order valence-electron chi connectivity index (χ0n) is 16.8. The van der Waals surface area contributed by atoms with E-state index in [1.165, 1.54) is 5.56 Å². The Morgan fingerprint density at radius 3 is 2.71 bits per heavy atom.